The van der Waals surface area contributed by atoms with Gasteiger partial charge in [-0.05, 0) is 83.5 Å². The number of allylic oxidation sites excluding steroid dienone is 5. The fraction of sp³-hybridized carbons (Fsp3) is 0.901. The van der Waals surface area contributed by atoms with Crippen LogP contribution in [0.3, 0.4) is 0 Å². The van der Waals surface area contributed by atoms with Gasteiger partial charge >= 0.3 is 5.97 Å². The fourth-order valence-electron chi connectivity index (χ4n) is 12.6. The summed E-state index contributed by atoms with van der Waals surface area (Å²) < 4.78 is 5.50. The number of aliphatic hydroxyl groups is 2. The predicted molar refractivity (Wildman–Crippen MR) is 384 cm³/mol. The lowest BCUT2D eigenvalue weighted by Gasteiger charge is -2.20. The van der Waals surface area contributed by atoms with Crippen molar-refractivity contribution in [2.75, 3.05) is 13.2 Å². The summed E-state index contributed by atoms with van der Waals surface area (Å²) in [5.41, 5.74) is 0. The molecule has 0 saturated heterocycles. The lowest BCUT2D eigenvalue weighted by atomic mass is 10.0. The molecular formula is C81H155NO5. The maximum atomic E-state index is 12.6. The van der Waals surface area contributed by atoms with Gasteiger partial charge in [-0.3, -0.25) is 9.59 Å². The molecule has 0 aromatic carbocycles. The Morgan fingerprint density at radius 2 is 0.540 bits per heavy atom. The minimum absolute atomic E-state index is 0.00964. The highest BCUT2D eigenvalue weighted by molar-refractivity contribution is 5.76. The fourth-order valence-corrected chi connectivity index (χ4v) is 12.6. The molecule has 87 heavy (non-hydrogen) atoms. The summed E-state index contributed by atoms with van der Waals surface area (Å²) in [6, 6.07) is -0.629. The van der Waals surface area contributed by atoms with E-state index in [0.29, 0.717) is 19.4 Å². The number of nitrogens with one attached hydrogen (secondary N) is 1. The van der Waals surface area contributed by atoms with Crippen molar-refractivity contribution in [2.24, 2.45) is 0 Å². The second-order valence-electron chi connectivity index (χ2n) is 27.4. The highest BCUT2D eigenvalue weighted by Gasteiger charge is 2.18. The second-order valence-corrected chi connectivity index (χ2v) is 27.4. The molecule has 6 heteroatoms. The molecule has 0 aliphatic heterocycles. The van der Waals surface area contributed by atoms with E-state index in [1.165, 1.54) is 372 Å². The predicted octanol–water partition coefficient (Wildman–Crippen LogP) is 26.2. The molecule has 0 aromatic heterocycles. The van der Waals surface area contributed by atoms with Gasteiger partial charge in [0.1, 0.15) is 0 Å². The number of carbonyl (C=O) groups is 2. The number of rotatable bonds is 75. The van der Waals surface area contributed by atoms with Crippen molar-refractivity contribution in [3.05, 3.63) is 36.5 Å². The third kappa shape index (κ3) is 73.0. The quantitative estimate of drug-likeness (QED) is 0.0320. The largest absolute Gasteiger partial charge is 0.466 e. The maximum Gasteiger partial charge on any atom is 0.305 e. The molecule has 6 nitrogen and oxygen atoms in total. The van der Waals surface area contributed by atoms with Crippen molar-refractivity contribution in [3.63, 3.8) is 0 Å². The monoisotopic (exact) mass is 1220 g/mol. The maximum absolute atomic E-state index is 12.6. The zero-order chi connectivity index (χ0) is 62.8. The minimum atomic E-state index is -0.845. The Labute approximate surface area is 544 Å². The lowest BCUT2D eigenvalue weighted by molar-refractivity contribution is -0.143. The first-order valence-electron chi connectivity index (χ1n) is 39.8. The van der Waals surface area contributed by atoms with Crippen molar-refractivity contribution >= 4 is 11.9 Å². The molecule has 0 saturated carbocycles. The van der Waals surface area contributed by atoms with Gasteiger partial charge in [0.05, 0.1) is 25.4 Å². The van der Waals surface area contributed by atoms with Crippen LogP contribution in [0.5, 0.6) is 0 Å². The van der Waals surface area contributed by atoms with Crippen molar-refractivity contribution in [1.29, 1.82) is 0 Å². The van der Waals surface area contributed by atoms with Crippen molar-refractivity contribution in [1.82, 2.24) is 5.32 Å². The third-order valence-electron chi connectivity index (χ3n) is 18.6. The zero-order valence-electron chi connectivity index (χ0n) is 59.0. The molecule has 2 atom stereocenters. The van der Waals surface area contributed by atoms with Crippen LogP contribution in [-0.4, -0.2) is 47.4 Å². The molecule has 0 heterocycles. The van der Waals surface area contributed by atoms with E-state index in [1.807, 2.05) is 6.08 Å². The molecule has 0 fully saturated rings. The van der Waals surface area contributed by atoms with Crippen LogP contribution in [0, 0.1) is 0 Å². The van der Waals surface area contributed by atoms with E-state index < -0.39 is 12.1 Å². The molecule has 514 valence electrons. The first-order valence-corrected chi connectivity index (χ1v) is 39.8. The van der Waals surface area contributed by atoms with E-state index in [-0.39, 0.29) is 18.5 Å². The first kappa shape index (κ1) is 85.1. The summed E-state index contributed by atoms with van der Waals surface area (Å²) in [5, 5.41) is 23.3. The van der Waals surface area contributed by atoms with Crippen molar-refractivity contribution in [3.8, 4) is 0 Å². The van der Waals surface area contributed by atoms with Gasteiger partial charge in [-0.25, -0.2) is 0 Å². The van der Waals surface area contributed by atoms with Crippen molar-refractivity contribution < 1.29 is 24.5 Å². The van der Waals surface area contributed by atoms with Gasteiger partial charge in [0, 0.05) is 12.8 Å². The summed E-state index contributed by atoms with van der Waals surface area (Å²) in [7, 11) is 0. The topological polar surface area (TPSA) is 95.9 Å². The van der Waals surface area contributed by atoms with Gasteiger partial charge in [-0.2, -0.15) is 0 Å². The second kappa shape index (κ2) is 76.5. The van der Waals surface area contributed by atoms with E-state index in [4.69, 9.17) is 4.74 Å². The van der Waals surface area contributed by atoms with Gasteiger partial charge < -0.3 is 20.3 Å². The Morgan fingerprint density at radius 1 is 0.310 bits per heavy atom. The highest BCUT2D eigenvalue weighted by atomic mass is 16.5. The molecule has 1 amide bonds. The van der Waals surface area contributed by atoms with E-state index in [1.54, 1.807) is 6.08 Å². The van der Waals surface area contributed by atoms with E-state index >= 15 is 0 Å². The Hall–Kier alpha value is -1.92. The van der Waals surface area contributed by atoms with Crippen LogP contribution in [0.1, 0.15) is 444 Å². The van der Waals surface area contributed by atoms with Crippen LogP contribution < -0.4 is 5.32 Å². The molecular weight excluding hydrogens is 1070 g/mol. The summed E-state index contributed by atoms with van der Waals surface area (Å²) in [4.78, 5) is 24.6. The number of amides is 1. The normalized spacial score (nSPS) is 12.6. The molecule has 0 aliphatic carbocycles. The summed E-state index contributed by atoms with van der Waals surface area (Å²) in [6.07, 6.45) is 99.8. The molecule has 3 N–H and O–H groups in total. The summed E-state index contributed by atoms with van der Waals surface area (Å²) in [6.45, 7) is 4.94. The van der Waals surface area contributed by atoms with Gasteiger partial charge in [0.2, 0.25) is 5.91 Å². The van der Waals surface area contributed by atoms with Crippen LogP contribution in [0.25, 0.3) is 0 Å². The number of carbonyl (C=O) groups excluding carboxylic acids is 2. The van der Waals surface area contributed by atoms with Gasteiger partial charge in [-0.15, -0.1) is 0 Å². The van der Waals surface area contributed by atoms with Crippen molar-refractivity contribution in [2.45, 2.75) is 456 Å². The van der Waals surface area contributed by atoms with Crippen LogP contribution in [0.15, 0.2) is 36.5 Å². The van der Waals surface area contributed by atoms with Gasteiger partial charge in [0.15, 0.2) is 0 Å². The van der Waals surface area contributed by atoms with Gasteiger partial charge in [-0.1, -0.05) is 384 Å². The molecule has 0 rings (SSSR count). The Kier molecular flexibility index (Phi) is 74.8. The van der Waals surface area contributed by atoms with Crippen LogP contribution in [-0.2, 0) is 14.3 Å². The minimum Gasteiger partial charge on any atom is -0.466 e. The molecule has 0 aliphatic rings. The average Bonchev–Trinajstić information content (AvgIpc) is 3.52. The first-order chi connectivity index (χ1) is 43.0. The lowest BCUT2D eigenvalue weighted by Crippen LogP contribution is -2.45. The van der Waals surface area contributed by atoms with E-state index in [2.05, 4.69) is 43.5 Å². The highest BCUT2D eigenvalue weighted by Crippen LogP contribution is 2.19. The number of hydrogen-bond donors (Lipinski definition) is 3. The van der Waals surface area contributed by atoms with E-state index in [9.17, 15) is 19.8 Å². The molecule has 0 aromatic rings. The number of hydrogen-bond acceptors (Lipinski definition) is 5. The Morgan fingerprint density at radius 3 is 0.816 bits per heavy atom. The smallest absolute Gasteiger partial charge is 0.305 e. The Balaban J connectivity index is 3.39. The average molecular weight is 1220 g/mol. The zero-order valence-corrected chi connectivity index (χ0v) is 59.0. The summed E-state index contributed by atoms with van der Waals surface area (Å²) >= 11 is 0. The molecule has 0 radical (unpaired) electrons. The van der Waals surface area contributed by atoms with Crippen LogP contribution >= 0.6 is 0 Å². The number of esters is 1. The van der Waals surface area contributed by atoms with E-state index in [0.717, 1.165) is 44.9 Å². The van der Waals surface area contributed by atoms with Gasteiger partial charge in [0.25, 0.3) is 0 Å². The van der Waals surface area contributed by atoms with Crippen LogP contribution in [0.4, 0.5) is 0 Å². The number of unbranched alkanes of at least 4 members (excludes halogenated alkanes) is 60. The van der Waals surface area contributed by atoms with Crippen LogP contribution in [0.2, 0.25) is 0 Å². The standard InChI is InChI=1S/C81H155NO5/c1-3-5-7-9-11-13-15-17-19-20-21-22-23-30-33-36-39-42-46-49-53-57-61-65-69-73-79(84)78(77-83)82-80(85)74-70-66-62-58-54-50-47-43-40-37-34-31-28-26-24-25-27-29-32-35-38-41-44-48-52-56-60-64-68-72-76-87-81(86)75-71-67-63-59-55-51-45-18-16-14-12-10-8-6-4-2/h18,25,27,45,69,73,78-79,83-84H,3-17,19-24,26,28-44,46-68,70-72,74-77H2,1-2H3,(H,82,85)/b27-25-,45-18-,73-69+. The Bertz CT molecular complexity index is 1410. The molecule has 0 spiro atoms. The summed E-state index contributed by atoms with van der Waals surface area (Å²) in [5.74, 6) is -0.0519. The number of aliphatic hydroxyl groups excluding tert-OH is 2. The third-order valence-corrected chi connectivity index (χ3v) is 18.6. The molecule has 0 bridgehead atoms. The SMILES string of the molecule is CCCCCCCC/C=C\CCCCCCCC(=O)OCCCCCCCCCCCCCC/C=C\CCCCCCCCCCCCCCCCC(=O)NC(CO)C(O)/C=C/CCCCCCCCCCCCCCCCCCCCCCCCC. The molecule has 2 unspecified atom stereocenters. The number of ether oxygens (including phenoxy) is 1.